The van der Waals surface area contributed by atoms with Gasteiger partial charge in [-0.25, -0.2) is 0 Å². The number of nitrogens with zero attached hydrogens (tertiary/aromatic N) is 2. The van der Waals surface area contributed by atoms with E-state index < -0.39 is 11.8 Å². The minimum atomic E-state index is -0.652. The van der Waals surface area contributed by atoms with E-state index in [1.807, 2.05) is 6.92 Å². The summed E-state index contributed by atoms with van der Waals surface area (Å²) in [5.74, 6) is 0.0528. The number of ether oxygens (including phenoxy) is 2. The number of nitrogens with two attached hydrogens (primary N) is 1. The molecule has 1 aromatic heterocycles. The number of carbonyl (C=O) groups is 2. The van der Waals surface area contributed by atoms with Gasteiger partial charge in [-0.2, -0.15) is 5.10 Å². The van der Waals surface area contributed by atoms with E-state index in [-0.39, 0.29) is 18.2 Å². The van der Waals surface area contributed by atoms with Crippen molar-refractivity contribution in [2.24, 2.45) is 5.73 Å². The number of benzene rings is 1. The topological polar surface area (TPSA) is 108 Å². The number of amides is 2. The SMILES string of the molecule is CCn1ncc(NC(=O)c2ccc3c(c2)OCO3)c1C(N)=O. The second kappa shape index (κ2) is 5.40. The zero-order valence-electron chi connectivity index (χ0n) is 11.8. The van der Waals surface area contributed by atoms with Crippen LogP contribution >= 0.6 is 0 Å². The van der Waals surface area contributed by atoms with Crippen LogP contribution in [0.4, 0.5) is 5.69 Å². The van der Waals surface area contributed by atoms with Gasteiger partial charge in [-0.15, -0.1) is 0 Å². The Hall–Kier alpha value is -3.03. The Kier molecular flexibility index (Phi) is 3.42. The van der Waals surface area contributed by atoms with E-state index in [0.717, 1.165) is 0 Å². The lowest BCUT2D eigenvalue weighted by Gasteiger charge is -2.07. The van der Waals surface area contributed by atoms with Crippen molar-refractivity contribution in [3.8, 4) is 11.5 Å². The number of anilines is 1. The summed E-state index contributed by atoms with van der Waals surface area (Å²) >= 11 is 0. The average molecular weight is 302 g/mol. The smallest absolute Gasteiger partial charge is 0.269 e. The Labute approximate surface area is 125 Å². The molecular weight excluding hydrogens is 288 g/mol. The molecule has 0 fully saturated rings. The van der Waals surface area contributed by atoms with Crippen LogP contribution in [0.25, 0.3) is 0 Å². The molecule has 0 atom stereocenters. The van der Waals surface area contributed by atoms with Gasteiger partial charge in [0, 0.05) is 12.1 Å². The fourth-order valence-electron chi connectivity index (χ4n) is 2.21. The fraction of sp³-hybridized carbons (Fsp3) is 0.214. The fourth-order valence-corrected chi connectivity index (χ4v) is 2.21. The van der Waals surface area contributed by atoms with Gasteiger partial charge in [0.1, 0.15) is 5.69 Å². The van der Waals surface area contributed by atoms with Crippen molar-refractivity contribution in [1.29, 1.82) is 0 Å². The maximum atomic E-state index is 12.3. The molecule has 8 nitrogen and oxygen atoms in total. The van der Waals surface area contributed by atoms with Gasteiger partial charge in [0.05, 0.1) is 11.9 Å². The van der Waals surface area contributed by atoms with E-state index in [1.165, 1.54) is 10.9 Å². The summed E-state index contributed by atoms with van der Waals surface area (Å²) < 4.78 is 11.8. The van der Waals surface area contributed by atoms with Crippen LogP contribution in [-0.2, 0) is 6.54 Å². The lowest BCUT2D eigenvalue weighted by Crippen LogP contribution is -2.21. The predicted molar refractivity (Wildman–Crippen MR) is 76.9 cm³/mol. The summed E-state index contributed by atoms with van der Waals surface area (Å²) in [6, 6.07) is 4.84. The van der Waals surface area contributed by atoms with Crippen molar-refractivity contribution < 1.29 is 19.1 Å². The maximum absolute atomic E-state index is 12.3. The number of hydrogen-bond donors (Lipinski definition) is 2. The number of primary amides is 1. The Morgan fingerprint density at radius 1 is 1.36 bits per heavy atom. The van der Waals surface area contributed by atoms with Crippen LogP contribution in [0.5, 0.6) is 11.5 Å². The van der Waals surface area contributed by atoms with E-state index in [2.05, 4.69) is 10.4 Å². The monoisotopic (exact) mass is 302 g/mol. The maximum Gasteiger partial charge on any atom is 0.269 e. The molecule has 0 spiro atoms. The molecule has 1 aliphatic rings. The number of fused-ring (bicyclic) bond motifs is 1. The predicted octanol–water partition coefficient (Wildman–Crippen LogP) is 0.983. The number of carbonyl (C=O) groups excluding carboxylic acids is 2. The molecule has 3 N–H and O–H groups in total. The van der Waals surface area contributed by atoms with E-state index in [4.69, 9.17) is 15.2 Å². The molecule has 2 heterocycles. The third-order valence-electron chi connectivity index (χ3n) is 3.26. The zero-order chi connectivity index (χ0) is 15.7. The quantitative estimate of drug-likeness (QED) is 0.875. The lowest BCUT2D eigenvalue weighted by molar-refractivity contribution is 0.0991. The highest BCUT2D eigenvalue weighted by atomic mass is 16.7. The van der Waals surface area contributed by atoms with Crippen LogP contribution in [0.15, 0.2) is 24.4 Å². The minimum Gasteiger partial charge on any atom is -0.454 e. The van der Waals surface area contributed by atoms with Crippen LogP contribution < -0.4 is 20.5 Å². The standard InChI is InChI=1S/C14H14N4O4/c1-2-18-12(13(15)19)9(6-16-18)17-14(20)8-3-4-10-11(5-8)22-7-21-10/h3-6H,2,7H2,1H3,(H2,15,19)(H,17,20). The number of rotatable bonds is 4. The van der Waals surface area contributed by atoms with Crippen LogP contribution in [0.2, 0.25) is 0 Å². The normalized spacial score (nSPS) is 12.2. The first-order chi connectivity index (χ1) is 10.6. The second-order valence-electron chi connectivity index (χ2n) is 4.61. The van der Waals surface area contributed by atoms with E-state index >= 15 is 0 Å². The molecule has 8 heteroatoms. The van der Waals surface area contributed by atoms with Gasteiger partial charge in [0.2, 0.25) is 6.79 Å². The molecule has 1 aromatic carbocycles. The van der Waals surface area contributed by atoms with Gasteiger partial charge in [-0.3, -0.25) is 14.3 Å². The highest BCUT2D eigenvalue weighted by Crippen LogP contribution is 2.32. The third kappa shape index (κ3) is 2.34. The molecule has 0 radical (unpaired) electrons. The largest absolute Gasteiger partial charge is 0.454 e. The molecule has 22 heavy (non-hydrogen) atoms. The van der Waals surface area contributed by atoms with Gasteiger partial charge >= 0.3 is 0 Å². The first-order valence-electron chi connectivity index (χ1n) is 6.66. The van der Waals surface area contributed by atoms with Crippen LogP contribution in [-0.4, -0.2) is 28.4 Å². The van der Waals surface area contributed by atoms with Gasteiger partial charge in [0.25, 0.3) is 11.8 Å². The van der Waals surface area contributed by atoms with Crippen LogP contribution in [0.1, 0.15) is 27.8 Å². The minimum absolute atomic E-state index is 0.134. The lowest BCUT2D eigenvalue weighted by atomic mass is 10.2. The second-order valence-corrected chi connectivity index (χ2v) is 4.61. The third-order valence-corrected chi connectivity index (χ3v) is 3.26. The number of nitrogens with one attached hydrogen (secondary N) is 1. The van der Waals surface area contributed by atoms with E-state index in [1.54, 1.807) is 18.2 Å². The highest BCUT2D eigenvalue weighted by Gasteiger charge is 2.20. The van der Waals surface area contributed by atoms with Crippen molar-refractivity contribution in [2.45, 2.75) is 13.5 Å². The molecule has 0 saturated carbocycles. The van der Waals surface area contributed by atoms with Crippen molar-refractivity contribution in [3.05, 3.63) is 35.7 Å². The summed E-state index contributed by atoms with van der Waals surface area (Å²) in [6.45, 7) is 2.43. The van der Waals surface area contributed by atoms with Gasteiger partial charge in [-0.05, 0) is 25.1 Å². The summed E-state index contributed by atoms with van der Waals surface area (Å²) in [6.07, 6.45) is 1.40. The van der Waals surface area contributed by atoms with Gasteiger partial charge in [0.15, 0.2) is 11.5 Å². The number of hydrogen-bond acceptors (Lipinski definition) is 5. The Morgan fingerprint density at radius 2 is 2.14 bits per heavy atom. The molecule has 3 rings (SSSR count). The summed E-state index contributed by atoms with van der Waals surface area (Å²) in [4.78, 5) is 23.8. The molecule has 2 aromatic rings. The first kappa shape index (κ1) is 13.9. The Balaban J connectivity index is 1.86. The van der Waals surface area contributed by atoms with E-state index in [0.29, 0.717) is 23.6 Å². The molecule has 0 bridgehead atoms. The van der Waals surface area contributed by atoms with Gasteiger partial charge < -0.3 is 20.5 Å². The highest BCUT2D eigenvalue weighted by molar-refractivity contribution is 6.08. The Bertz CT molecular complexity index is 753. The molecule has 1 aliphatic heterocycles. The molecule has 0 unspecified atom stereocenters. The first-order valence-corrected chi connectivity index (χ1v) is 6.66. The zero-order valence-corrected chi connectivity index (χ0v) is 11.8. The van der Waals surface area contributed by atoms with Gasteiger partial charge in [-0.1, -0.05) is 0 Å². The average Bonchev–Trinajstić information content (AvgIpc) is 3.11. The van der Waals surface area contributed by atoms with Crippen molar-refractivity contribution >= 4 is 17.5 Å². The molecule has 2 amide bonds. The summed E-state index contributed by atoms with van der Waals surface area (Å²) in [7, 11) is 0. The molecule has 0 aliphatic carbocycles. The van der Waals surface area contributed by atoms with Crippen molar-refractivity contribution in [3.63, 3.8) is 0 Å². The summed E-state index contributed by atoms with van der Waals surface area (Å²) in [5.41, 5.74) is 6.15. The van der Waals surface area contributed by atoms with Crippen molar-refractivity contribution in [2.75, 3.05) is 12.1 Å². The number of aryl methyl sites for hydroxylation is 1. The molecule has 0 saturated heterocycles. The van der Waals surface area contributed by atoms with Crippen LogP contribution in [0.3, 0.4) is 0 Å². The van der Waals surface area contributed by atoms with E-state index in [9.17, 15) is 9.59 Å². The molecular formula is C14H14N4O4. The molecule has 114 valence electrons. The van der Waals surface area contributed by atoms with Crippen LogP contribution in [0, 0.1) is 0 Å². The Morgan fingerprint density at radius 3 is 2.86 bits per heavy atom. The summed E-state index contributed by atoms with van der Waals surface area (Å²) in [5, 5.41) is 6.65. The number of aromatic nitrogens is 2. The van der Waals surface area contributed by atoms with Crippen molar-refractivity contribution in [1.82, 2.24) is 9.78 Å².